The molecule has 1 heterocycles. The molecule has 1 saturated heterocycles. The number of fused-ring (bicyclic) bond motifs is 1. The highest BCUT2D eigenvalue weighted by molar-refractivity contribution is 5.93. The van der Waals surface area contributed by atoms with Crippen LogP contribution in [0.1, 0.15) is 44.6 Å². The quantitative estimate of drug-likeness (QED) is 0.830. The Kier molecular flexibility index (Phi) is 4.53. The minimum absolute atomic E-state index is 0.0403. The van der Waals surface area contributed by atoms with E-state index in [9.17, 15) is 9.59 Å². The fourth-order valence-corrected chi connectivity index (χ4v) is 5.36. The van der Waals surface area contributed by atoms with Crippen LogP contribution < -0.4 is 0 Å². The van der Waals surface area contributed by atoms with Crippen LogP contribution in [0.2, 0.25) is 0 Å². The van der Waals surface area contributed by atoms with Crippen LogP contribution in [0.3, 0.4) is 0 Å². The highest BCUT2D eigenvalue weighted by atomic mass is 16.6. The fraction of sp³-hybridized carbons (Fsp3) is 0.619. The van der Waals surface area contributed by atoms with Crippen LogP contribution >= 0.6 is 0 Å². The van der Waals surface area contributed by atoms with Gasteiger partial charge in [0.1, 0.15) is 6.61 Å². The van der Waals surface area contributed by atoms with E-state index >= 15 is 0 Å². The largest absolute Gasteiger partial charge is 0.447 e. The Morgan fingerprint density at radius 3 is 2.48 bits per heavy atom. The predicted octanol–water partition coefficient (Wildman–Crippen LogP) is 4.04. The molecule has 4 nitrogen and oxygen atoms in total. The molecule has 0 bridgehead atoms. The first-order chi connectivity index (χ1) is 12.1. The molecule has 134 valence electrons. The third-order valence-electron chi connectivity index (χ3n) is 6.36. The smallest absolute Gasteiger partial charge is 0.416 e. The molecule has 25 heavy (non-hydrogen) atoms. The lowest BCUT2D eigenvalue weighted by Gasteiger charge is -2.21. The summed E-state index contributed by atoms with van der Waals surface area (Å²) >= 11 is 0. The molecular formula is C21H27NO3. The number of hydrogen-bond acceptors (Lipinski definition) is 3. The van der Waals surface area contributed by atoms with Gasteiger partial charge in [0.05, 0.1) is 6.04 Å². The standard InChI is InChI=1S/C21H27NO3/c1-14-7-17-9-16(10-18(17)8-14)12-20(23)22-19(13-25-21(22)24)11-15-5-3-2-4-6-15/h2-6,14,16-19H,7-13H2,1H3/t14?,16?,17-,18+,19-/m1/s1. The molecule has 1 aromatic carbocycles. The normalized spacial score (nSPS) is 34.2. The number of hydrogen-bond donors (Lipinski definition) is 0. The van der Waals surface area contributed by atoms with E-state index in [0.29, 0.717) is 25.4 Å². The topological polar surface area (TPSA) is 46.6 Å². The molecule has 1 aromatic rings. The van der Waals surface area contributed by atoms with Crippen molar-refractivity contribution in [3.63, 3.8) is 0 Å². The van der Waals surface area contributed by atoms with Crippen LogP contribution in [0.15, 0.2) is 30.3 Å². The van der Waals surface area contributed by atoms with Gasteiger partial charge < -0.3 is 4.74 Å². The molecule has 1 aliphatic heterocycles. The highest BCUT2D eigenvalue weighted by Crippen LogP contribution is 2.50. The van der Waals surface area contributed by atoms with Crippen LogP contribution in [-0.4, -0.2) is 29.5 Å². The number of carbonyl (C=O) groups excluding carboxylic acids is 2. The Hall–Kier alpha value is -1.84. The van der Waals surface area contributed by atoms with Crippen LogP contribution in [0, 0.1) is 23.7 Å². The molecule has 2 unspecified atom stereocenters. The molecule has 4 rings (SSSR count). The van der Waals surface area contributed by atoms with Gasteiger partial charge in [0, 0.05) is 6.42 Å². The minimum Gasteiger partial charge on any atom is -0.447 e. The monoisotopic (exact) mass is 341 g/mol. The van der Waals surface area contributed by atoms with Gasteiger partial charge in [0.25, 0.3) is 0 Å². The van der Waals surface area contributed by atoms with E-state index in [0.717, 1.165) is 36.2 Å². The molecule has 0 aromatic heterocycles. The van der Waals surface area contributed by atoms with Crippen molar-refractivity contribution in [1.82, 2.24) is 4.90 Å². The van der Waals surface area contributed by atoms with E-state index in [2.05, 4.69) is 6.92 Å². The number of benzene rings is 1. The lowest BCUT2D eigenvalue weighted by Crippen LogP contribution is -2.40. The van der Waals surface area contributed by atoms with Gasteiger partial charge >= 0.3 is 6.09 Å². The van der Waals surface area contributed by atoms with Gasteiger partial charge in [-0.3, -0.25) is 4.79 Å². The number of rotatable bonds is 4. The molecule has 5 atom stereocenters. The summed E-state index contributed by atoms with van der Waals surface area (Å²) in [6, 6.07) is 9.84. The summed E-state index contributed by atoms with van der Waals surface area (Å²) in [6.45, 7) is 2.65. The number of ether oxygens (including phenoxy) is 1. The number of amides is 2. The fourth-order valence-electron chi connectivity index (χ4n) is 5.36. The first-order valence-corrected chi connectivity index (χ1v) is 9.63. The van der Waals surface area contributed by atoms with Crippen molar-refractivity contribution in [3.8, 4) is 0 Å². The van der Waals surface area contributed by atoms with Gasteiger partial charge in [0.2, 0.25) is 5.91 Å². The molecular weight excluding hydrogens is 314 g/mol. The van der Waals surface area contributed by atoms with E-state index in [1.165, 1.54) is 17.7 Å². The number of cyclic esters (lactones) is 1. The SMILES string of the molecule is CC1C[C@@H]2CC(CC(=O)N3C(=O)OC[C@H]3Cc3ccccc3)C[C@@H]2C1. The van der Waals surface area contributed by atoms with Crippen molar-refractivity contribution in [3.05, 3.63) is 35.9 Å². The van der Waals surface area contributed by atoms with Crippen LogP contribution in [0.5, 0.6) is 0 Å². The van der Waals surface area contributed by atoms with Gasteiger partial charge in [-0.05, 0) is 61.3 Å². The van der Waals surface area contributed by atoms with Crippen LogP contribution in [0.25, 0.3) is 0 Å². The molecule has 0 N–H and O–H groups in total. The lowest BCUT2D eigenvalue weighted by molar-refractivity contribution is -0.130. The molecule has 2 amide bonds. The van der Waals surface area contributed by atoms with E-state index in [1.807, 2.05) is 30.3 Å². The first kappa shape index (κ1) is 16.6. The van der Waals surface area contributed by atoms with Crippen molar-refractivity contribution in [2.45, 2.75) is 51.5 Å². The third-order valence-corrected chi connectivity index (χ3v) is 6.36. The summed E-state index contributed by atoms with van der Waals surface area (Å²) < 4.78 is 5.19. The van der Waals surface area contributed by atoms with Gasteiger partial charge in [-0.25, -0.2) is 9.69 Å². The van der Waals surface area contributed by atoms with Crippen molar-refractivity contribution >= 4 is 12.0 Å². The second kappa shape index (κ2) is 6.81. The van der Waals surface area contributed by atoms with Gasteiger partial charge in [-0.2, -0.15) is 0 Å². The average Bonchev–Trinajstić information content (AvgIpc) is 3.21. The number of nitrogens with zero attached hydrogens (tertiary/aromatic N) is 1. The maximum absolute atomic E-state index is 12.8. The Balaban J connectivity index is 1.37. The maximum Gasteiger partial charge on any atom is 0.416 e. The van der Waals surface area contributed by atoms with Gasteiger partial charge in [0.15, 0.2) is 0 Å². The molecule has 2 saturated carbocycles. The maximum atomic E-state index is 12.8. The van der Waals surface area contributed by atoms with E-state index in [1.54, 1.807) is 0 Å². The highest BCUT2D eigenvalue weighted by Gasteiger charge is 2.43. The predicted molar refractivity (Wildman–Crippen MR) is 94.8 cm³/mol. The third kappa shape index (κ3) is 3.44. The molecule has 3 fully saturated rings. The summed E-state index contributed by atoms with van der Waals surface area (Å²) in [6.07, 6.45) is 5.67. The zero-order chi connectivity index (χ0) is 17.4. The van der Waals surface area contributed by atoms with Crippen molar-refractivity contribution < 1.29 is 14.3 Å². The number of carbonyl (C=O) groups is 2. The van der Waals surface area contributed by atoms with Crippen molar-refractivity contribution in [2.75, 3.05) is 6.61 Å². The lowest BCUT2D eigenvalue weighted by atomic mass is 9.96. The van der Waals surface area contributed by atoms with Crippen LogP contribution in [0.4, 0.5) is 4.79 Å². The van der Waals surface area contributed by atoms with Crippen LogP contribution in [-0.2, 0) is 16.0 Å². The first-order valence-electron chi connectivity index (χ1n) is 9.63. The molecule has 2 aliphatic carbocycles. The summed E-state index contributed by atoms with van der Waals surface area (Å²) in [4.78, 5) is 26.3. The van der Waals surface area contributed by atoms with E-state index in [-0.39, 0.29) is 11.9 Å². The molecule has 0 radical (unpaired) electrons. The van der Waals surface area contributed by atoms with Gasteiger partial charge in [-0.1, -0.05) is 37.3 Å². The Morgan fingerprint density at radius 2 is 1.80 bits per heavy atom. The molecule has 0 spiro atoms. The number of imide groups is 1. The second-order valence-electron chi connectivity index (χ2n) is 8.32. The Morgan fingerprint density at radius 1 is 1.12 bits per heavy atom. The summed E-state index contributed by atoms with van der Waals surface area (Å²) in [5, 5.41) is 0. The van der Waals surface area contributed by atoms with Crippen molar-refractivity contribution in [2.24, 2.45) is 23.7 Å². The summed E-state index contributed by atoms with van der Waals surface area (Å²) in [5.74, 6) is 2.86. The van der Waals surface area contributed by atoms with Crippen molar-refractivity contribution in [1.29, 1.82) is 0 Å². The molecule has 4 heteroatoms. The Labute approximate surface area is 149 Å². The average molecular weight is 341 g/mol. The van der Waals surface area contributed by atoms with E-state index in [4.69, 9.17) is 4.74 Å². The van der Waals surface area contributed by atoms with E-state index < -0.39 is 6.09 Å². The summed E-state index contributed by atoms with van der Waals surface area (Å²) in [5.41, 5.74) is 1.13. The summed E-state index contributed by atoms with van der Waals surface area (Å²) in [7, 11) is 0. The van der Waals surface area contributed by atoms with Gasteiger partial charge in [-0.15, -0.1) is 0 Å². The Bertz CT molecular complexity index is 630. The zero-order valence-corrected chi connectivity index (χ0v) is 14.9. The zero-order valence-electron chi connectivity index (χ0n) is 14.9. The second-order valence-corrected chi connectivity index (χ2v) is 8.32. The molecule has 3 aliphatic rings. The minimum atomic E-state index is -0.460.